The maximum absolute atomic E-state index is 12.5. The van der Waals surface area contributed by atoms with Crippen molar-refractivity contribution in [2.45, 2.75) is 31.6 Å². The van der Waals surface area contributed by atoms with Gasteiger partial charge in [-0.25, -0.2) is 18.1 Å². The average molecular weight is 386 g/mol. The second-order valence-electron chi connectivity index (χ2n) is 6.66. The molecule has 1 aliphatic heterocycles. The summed E-state index contributed by atoms with van der Waals surface area (Å²) in [6.45, 7) is 6.23. The Morgan fingerprint density at radius 3 is 2.44 bits per heavy atom. The topological polar surface area (TPSA) is 84.2 Å². The summed E-state index contributed by atoms with van der Waals surface area (Å²) >= 11 is 0. The molecule has 0 saturated carbocycles. The van der Waals surface area contributed by atoms with Gasteiger partial charge in [-0.05, 0) is 43.5 Å². The van der Waals surface area contributed by atoms with Crippen LogP contribution in [0, 0.1) is 12.3 Å². The van der Waals surface area contributed by atoms with Gasteiger partial charge < -0.3 is 9.73 Å². The smallest absolute Gasteiger partial charge is 0.240 e. The Morgan fingerprint density at radius 1 is 1.24 bits per heavy atom. The molecule has 8 heteroatoms. The number of hydrogen-bond donors (Lipinski definition) is 2. The number of nitrogens with one attached hydrogen (secondary N) is 2. The number of benzene rings is 1. The number of nitrogens with zero attached hydrogens (tertiary/aromatic N) is 1. The van der Waals surface area contributed by atoms with Crippen molar-refractivity contribution < 1.29 is 12.8 Å². The molecule has 1 fully saturated rings. The molecule has 0 atom stereocenters. The third-order valence-corrected chi connectivity index (χ3v) is 6.00. The van der Waals surface area contributed by atoms with Crippen LogP contribution < -0.4 is 10.0 Å². The van der Waals surface area contributed by atoms with Gasteiger partial charge in [0.25, 0.3) is 0 Å². The molecular formula is C17H24ClN3O3S. The lowest BCUT2D eigenvalue weighted by atomic mass is 9.81. The van der Waals surface area contributed by atoms with Crippen molar-refractivity contribution in [2.24, 2.45) is 5.41 Å². The molecule has 6 nitrogen and oxygen atoms in total. The van der Waals surface area contributed by atoms with Crippen molar-refractivity contribution in [3.8, 4) is 11.3 Å². The summed E-state index contributed by atoms with van der Waals surface area (Å²) < 4.78 is 33.0. The molecule has 3 rings (SSSR count). The van der Waals surface area contributed by atoms with E-state index in [9.17, 15) is 8.42 Å². The van der Waals surface area contributed by atoms with Crippen LogP contribution in [0.25, 0.3) is 11.3 Å². The van der Waals surface area contributed by atoms with Gasteiger partial charge >= 0.3 is 0 Å². The van der Waals surface area contributed by atoms with Crippen LogP contribution in [0.5, 0.6) is 0 Å². The molecule has 1 aromatic carbocycles. The van der Waals surface area contributed by atoms with Crippen molar-refractivity contribution in [3.63, 3.8) is 0 Å². The molecule has 2 aromatic rings. The SMILES string of the molecule is Cc1nc(-c2ccc(S(=O)(=O)NCC3(C)CCNCC3)cc2)co1.Cl. The first kappa shape index (κ1) is 19.9. The highest BCUT2D eigenvalue weighted by molar-refractivity contribution is 7.89. The predicted octanol–water partition coefficient (Wildman–Crippen LogP) is 2.74. The lowest BCUT2D eigenvalue weighted by Gasteiger charge is -2.34. The Bertz CT molecular complexity index is 797. The number of hydrogen-bond acceptors (Lipinski definition) is 5. The minimum absolute atomic E-state index is 0. The monoisotopic (exact) mass is 385 g/mol. The summed E-state index contributed by atoms with van der Waals surface area (Å²) in [5.41, 5.74) is 1.54. The van der Waals surface area contributed by atoms with E-state index in [-0.39, 0.29) is 22.7 Å². The van der Waals surface area contributed by atoms with Crippen LogP contribution in [-0.4, -0.2) is 33.0 Å². The Hall–Kier alpha value is -1.41. The van der Waals surface area contributed by atoms with E-state index >= 15 is 0 Å². The fourth-order valence-electron chi connectivity index (χ4n) is 2.86. The summed E-state index contributed by atoms with van der Waals surface area (Å²) in [6.07, 6.45) is 3.51. The summed E-state index contributed by atoms with van der Waals surface area (Å²) in [5, 5.41) is 3.30. The molecule has 138 valence electrons. The first-order chi connectivity index (χ1) is 11.4. The molecule has 2 heterocycles. The quantitative estimate of drug-likeness (QED) is 0.826. The lowest BCUT2D eigenvalue weighted by molar-refractivity contribution is 0.232. The van der Waals surface area contributed by atoms with E-state index in [1.54, 1.807) is 37.5 Å². The lowest BCUT2D eigenvalue weighted by Crippen LogP contribution is -2.42. The van der Waals surface area contributed by atoms with Crippen LogP contribution in [-0.2, 0) is 10.0 Å². The number of sulfonamides is 1. The molecule has 0 bridgehead atoms. The molecule has 2 N–H and O–H groups in total. The zero-order chi connectivity index (χ0) is 17.2. The fraction of sp³-hybridized carbons (Fsp3) is 0.471. The van der Waals surface area contributed by atoms with E-state index in [0.717, 1.165) is 31.5 Å². The number of halogens is 1. The number of rotatable bonds is 5. The van der Waals surface area contributed by atoms with E-state index in [0.29, 0.717) is 18.1 Å². The Labute approximate surface area is 154 Å². The first-order valence-corrected chi connectivity index (χ1v) is 9.59. The number of aryl methyl sites for hydroxylation is 1. The van der Waals surface area contributed by atoms with Crippen molar-refractivity contribution >= 4 is 22.4 Å². The molecule has 1 aliphatic rings. The normalized spacial score (nSPS) is 17.0. The Kier molecular flexibility index (Phi) is 6.26. The van der Waals surface area contributed by atoms with Gasteiger partial charge in [-0.2, -0.15) is 0 Å². The van der Waals surface area contributed by atoms with E-state index in [1.807, 2.05) is 0 Å². The molecule has 0 unspecified atom stereocenters. The molecule has 0 spiro atoms. The van der Waals surface area contributed by atoms with Crippen LogP contribution in [0.1, 0.15) is 25.7 Å². The molecular weight excluding hydrogens is 362 g/mol. The zero-order valence-electron chi connectivity index (χ0n) is 14.4. The van der Waals surface area contributed by atoms with Gasteiger partial charge in [-0.3, -0.25) is 0 Å². The van der Waals surface area contributed by atoms with Crippen molar-refractivity contribution in [3.05, 3.63) is 36.4 Å². The predicted molar refractivity (Wildman–Crippen MR) is 99.3 cm³/mol. The third-order valence-electron chi connectivity index (χ3n) is 4.58. The molecule has 25 heavy (non-hydrogen) atoms. The fourth-order valence-corrected chi connectivity index (χ4v) is 4.06. The van der Waals surface area contributed by atoms with Gasteiger partial charge in [-0.1, -0.05) is 19.1 Å². The molecule has 1 aromatic heterocycles. The van der Waals surface area contributed by atoms with Crippen LogP contribution in [0.15, 0.2) is 39.8 Å². The summed E-state index contributed by atoms with van der Waals surface area (Å²) in [6, 6.07) is 6.70. The first-order valence-electron chi connectivity index (χ1n) is 8.11. The highest BCUT2D eigenvalue weighted by Crippen LogP contribution is 2.27. The maximum Gasteiger partial charge on any atom is 0.240 e. The van der Waals surface area contributed by atoms with Crippen molar-refractivity contribution in [2.75, 3.05) is 19.6 Å². The molecule has 0 aliphatic carbocycles. The van der Waals surface area contributed by atoms with Crippen molar-refractivity contribution in [1.82, 2.24) is 15.0 Å². The van der Waals surface area contributed by atoms with Crippen LogP contribution >= 0.6 is 12.4 Å². The van der Waals surface area contributed by atoms with E-state index < -0.39 is 10.0 Å². The molecule has 1 saturated heterocycles. The van der Waals surface area contributed by atoms with Gasteiger partial charge in [0.15, 0.2) is 5.89 Å². The van der Waals surface area contributed by atoms with Crippen LogP contribution in [0.3, 0.4) is 0 Å². The van der Waals surface area contributed by atoms with Gasteiger partial charge in [0, 0.05) is 19.0 Å². The standard InChI is InChI=1S/C17H23N3O3S.ClH/c1-13-20-16(11-23-13)14-3-5-15(6-4-14)24(21,22)19-12-17(2)7-9-18-10-8-17;/h3-6,11,18-19H,7-10,12H2,1-2H3;1H. The van der Waals surface area contributed by atoms with E-state index in [1.165, 1.54) is 0 Å². The van der Waals surface area contributed by atoms with Gasteiger partial charge in [0.05, 0.1) is 4.90 Å². The minimum atomic E-state index is -3.51. The maximum atomic E-state index is 12.5. The zero-order valence-corrected chi connectivity index (χ0v) is 16.0. The third kappa shape index (κ3) is 4.82. The second-order valence-corrected chi connectivity index (χ2v) is 8.43. The van der Waals surface area contributed by atoms with Crippen molar-refractivity contribution in [1.29, 1.82) is 0 Å². The molecule has 0 amide bonds. The Balaban J connectivity index is 0.00000225. The number of piperidine rings is 1. The van der Waals surface area contributed by atoms with E-state index in [4.69, 9.17) is 4.42 Å². The largest absolute Gasteiger partial charge is 0.449 e. The van der Waals surface area contributed by atoms with Crippen LogP contribution in [0.4, 0.5) is 0 Å². The highest BCUT2D eigenvalue weighted by atomic mass is 35.5. The second kappa shape index (κ2) is 7.86. The van der Waals surface area contributed by atoms with Gasteiger partial charge in [-0.15, -0.1) is 12.4 Å². The Morgan fingerprint density at radius 2 is 1.88 bits per heavy atom. The van der Waals surface area contributed by atoms with Crippen LogP contribution in [0.2, 0.25) is 0 Å². The highest BCUT2D eigenvalue weighted by Gasteiger charge is 2.28. The van der Waals surface area contributed by atoms with Gasteiger partial charge in [0.1, 0.15) is 12.0 Å². The molecule has 0 radical (unpaired) electrons. The summed E-state index contributed by atoms with van der Waals surface area (Å²) in [4.78, 5) is 4.51. The number of aromatic nitrogens is 1. The summed E-state index contributed by atoms with van der Waals surface area (Å²) in [5.74, 6) is 0.582. The van der Waals surface area contributed by atoms with Gasteiger partial charge in [0.2, 0.25) is 10.0 Å². The number of oxazole rings is 1. The minimum Gasteiger partial charge on any atom is -0.449 e. The summed E-state index contributed by atoms with van der Waals surface area (Å²) in [7, 11) is -3.51. The average Bonchev–Trinajstić information content (AvgIpc) is 3.01. The van der Waals surface area contributed by atoms with E-state index in [2.05, 4.69) is 21.9 Å².